The van der Waals surface area contributed by atoms with E-state index < -0.39 is 29.0 Å². The van der Waals surface area contributed by atoms with Gasteiger partial charge in [0.2, 0.25) is 5.95 Å². The minimum absolute atomic E-state index is 0.0242. The van der Waals surface area contributed by atoms with E-state index in [1.54, 1.807) is 12.1 Å². The standard InChI is InChI=1S/C18H12ClF3N4O/c19-12-3-1-10(2-4-12)7-23-18-24-8-11(9-25-18)17(27)26-14-6-5-13(20)15(21)16(14)22/h1-6,8-9H,7H2,(H,26,27)(H,23,24,25). The fourth-order valence-electron chi connectivity index (χ4n) is 2.14. The van der Waals surface area contributed by atoms with Gasteiger partial charge in [0.1, 0.15) is 0 Å². The fraction of sp³-hybridized carbons (Fsp3) is 0.0556. The molecule has 3 rings (SSSR count). The Bertz CT molecular complexity index is 966. The van der Waals surface area contributed by atoms with E-state index >= 15 is 0 Å². The Kier molecular flexibility index (Phi) is 5.56. The third kappa shape index (κ3) is 4.53. The molecule has 138 valence electrons. The summed E-state index contributed by atoms with van der Waals surface area (Å²) in [6.07, 6.45) is 2.45. The minimum Gasteiger partial charge on any atom is -0.350 e. The summed E-state index contributed by atoms with van der Waals surface area (Å²) in [5, 5.41) is 5.74. The van der Waals surface area contributed by atoms with Gasteiger partial charge in [-0.2, -0.15) is 0 Å². The molecule has 2 N–H and O–H groups in total. The molecular formula is C18H12ClF3N4O. The first-order chi connectivity index (χ1) is 12.9. The molecule has 0 bridgehead atoms. The van der Waals surface area contributed by atoms with Crippen LogP contribution in [0.15, 0.2) is 48.8 Å². The second-order valence-corrected chi connectivity index (χ2v) is 5.89. The van der Waals surface area contributed by atoms with E-state index in [-0.39, 0.29) is 11.5 Å². The number of carbonyl (C=O) groups excluding carboxylic acids is 1. The number of anilines is 2. The Balaban J connectivity index is 1.63. The highest BCUT2D eigenvalue weighted by atomic mass is 35.5. The van der Waals surface area contributed by atoms with Crippen LogP contribution in [0, 0.1) is 17.5 Å². The van der Waals surface area contributed by atoms with Gasteiger partial charge in [-0.3, -0.25) is 4.79 Å². The number of rotatable bonds is 5. The number of aromatic nitrogens is 2. The number of hydrogen-bond donors (Lipinski definition) is 2. The Hall–Kier alpha value is -3.13. The molecule has 0 fully saturated rings. The van der Waals surface area contributed by atoms with Crippen LogP contribution in [0.1, 0.15) is 15.9 Å². The fourth-order valence-corrected chi connectivity index (χ4v) is 2.26. The minimum atomic E-state index is -1.66. The van der Waals surface area contributed by atoms with Crippen LogP contribution in [0.5, 0.6) is 0 Å². The molecule has 1 aromatic heterocycles. The van der Waals surface area contributed by atoms with Crippen molar-refractivity contribution in [3.8, 4) is 0 Å². The Labute approximate surface area is 157 Å². The maximum Gasteiger partial charge on any atom is 0.258 e. The molecule has 1 amide bonds. The van der Waals surface area contributed by atoms with Crippen molar-refractivity contribution >= 4 is 29.1 Å². The Morgan fingerprint density at radius 3 is 2.30 bits per heavy atom. The normalized spacial score (nSPS) is 10.5. The van der Waals surface area contributed by atoms with Gasteiger partial charge in [-0.15, -0.1) is 0 Å². The van der Waals surface area contributed by atoms with Gasteiger partial charge in [-0.05, 0) is 29.8 Å². The van der Waals surface area contributed by atoms with Gasteiger partial charge >= 0.3 is 0 Å². The summed E-state index contributed by atoms with van der Waals surface area (Å²) < 4.78 is 39.7. The SMILES string of the molecule is O=C(Nc1ccc(F)c(F)c1F)c1cnc(NCc2ccc(Cl)cc2)nc1. The summed E-state index contributed by atoms with van der Waals surface area (Å²) in [4.78, 5) is 20.1. The Morgan fingerprint density at radius 1 is 0.963 bits per heavy atom. The number of hydrogen-bond acceptors (Lipinski definition) is 4. The van der Waals surface area contributed by atoms with Gasteiger partial charge in [-0.1, -0.05) is 23.7 Å². The number of nitrogens with one attached hydrogen (secondary N) is 2. The van der Waals surface area contributed by atoms with Crippen molar-refractivity contribution in [3.63, 3.8) is 0 Å². The first-order valence-electron chi connectivity index (χ1n) is 7.69. The Morgan fingerprint density at radius 2 is 1.63 bits per heavy atom. The molecule has 0 aliphatic rings. The molecule has 0 aliphatic carbocycles. The smallest absolute Gasteiger partial charge is 0.258 e. The highest BCUT2D eigenvalue weighted by molar-refractivity contribution is 6.30. The molecule has 0 aliphatic heterocycles. The van der Waals surface area contributed by atoms with Crippen molar-refractivity contribution < 1.29 is 18.0 Å². The van der Waals surface area contributed by atoms with E-state index in [9.17, 15) is 18.0 Å². The maximum atomic E-state index is 13.6. The number of nitrogens with zero attached hydrogens (tertiary/aromatic N) is 2. The molecule has 2 aromatic carbocycles. The van der Waals surface area contributed by atoms with Gasteiger partial charge in [0.15, 0.2) is 17.5 Å². The maximum absolute atomic E-state index is 13.6. The molecule has 1 heterocycles. The first kappa shape index (κ1) is 18.7. The molecule has 0 spiro atoms. The molecular weight excluding hydrogens is 381 g/mol. The monoisotopic (exact) mass is 392 g/mol. The molecule has 3 aromatic rings. The number of halogens is 4. The van der Waals surface area contributed by atoms with Crippen LogP contribution in [0.2, 0.25) is 5.02 Å². The number of carbonyl (C=O) groups is 1. The summed E-state index contributed by atoms with van der Waals surface area (Å²) >= 11 is 5.81. The summed E-state index contributed by atoms with van der Waals surface area (Å²) in [6.45, 7) is 0.447. The van der Waals surface area contributed by atoms with E-state index in [1.165, 1.54) is 12.4 Å². The summed E-state index contributed by atoms with van der Waals surface area (Å²) in [5.74, 6) is -4.97. The predicted molar refractivity (Wildman–Crippen MR) is 95.1 cm³/mol. The van der Waals surface area contributed by atoms with Crippen LogP contribution < -0.4 is 10.6 Å². The van der Waals surface area contributed by atoms with Crippen LogP contribution in [0.4, 0.5) is 24.8 Å². The van der Waals surface area contributed by atoms with Crippen LogP contribution >= 0.6 is 11.6 Å². The van der Waals surface area contributed by atoms with Crippen molar-refractivity contribution in [1.29, 1.82) is 0 Å². The van der Waals surface area contributed by atoms with Crippen molar-refractivity contribution in [2.75, 3.05) is 10.6 Å². The van der Waals surface area contributed by atoms with Crippen molar-refractivity contribution in [2.24, 2.45) is 0 Å². The van der Waals surface area contributed by atoms with Gasteiger partial charge in [0, 0.05) is 24.0 Å². The van der Waals surface area contributed by atoms with Crippen molar-refractivity contribution in [1.82, 2.24) is 9.97 Å². The number of amides is 1. The highest BCUT2D eigenvalue weighted by Crippen LogP contribution is 2.20. The van der Waals surface area contributed by atoms with E-state index in [0.717, 1.165) is 11.6 Å². The number of benzene rings is 2. The van der Waals surface area contributed by atoms with E-state index in [2.05, 4.69) is 20.6 Å². The summed E-state index contributed by atoms with van der Waals surface area (Å²) in [7, 11) is 0. The topological polar surface area (TPSA) is 66.9 Å². The molecule has 0 saturated carbocycles. The molecule has 27 heavy (non-hydrogen) atoms. The first-order valence-corrected chi connectivity index (χ1v) is 8.07. The lowest BCUT2D eigenvalue weighted by molar-refractivity contribution is 0.102. The van der Waals surface area contributed by atoms with Gasteiger partial charge in [0.05, 0.1) is 11.3 Å². The van der Waals surface area contributed by atoms with Crippen LogP contribution in [0.25, 0.3) is 0 Å². The zero-order valence-electron chi connectivity index (χ0n) is 13.6. The third-order valence-corrected chi connectivity index (χ3v) is 3.81. The lowest BCUT2D eigenvalue weighted by Gasteiger charge is -2.08. The lowest BCUT2D eigenvalue weighted by Crippen LogP contribution is -2.15. The van der Waals surface area contributed by atoms with E-state index in [0.29, 0.717) is 17.6 Å². The summed E-state index contributed by atoms with van der Waals surface area (Å²) in [5.41, 5.74) is 0.499. The van der Waals surface area contributed by atoms with Crippen LogP contribution in [0.3, 0.4) is 0 Å². The van der Waals surface area contributed by atoms with Gasteiger partial charge < -0.3 is 10.6 Å². The molecule has 5 nitrogen and oxygen atoms in total. The molecule has 0 radical (unpaired) electrons. The average Bonchev–Trinajstić information content (AvgIpc) is 2.68. The van der Waals surface area contributed by atoms with E-state index in [4.69, 9.17) is 11.6 Å². The van der Waals surface area contributed by atoms with Gasteiger partial charge in [-0.25, -0.2) is 23.1 Å². The highest BCUT2D eigenvalue weighted by Gasteiger charge is 2.16. The lowest BCUT2D eigenvalue weighted by atomic mass is 10.2. The second-order valence-electron chi connectivity index (χ2n) is 5.45. The van der Waals surface area contributed by atoms with Crippen molar-refractivity contribution in [2.45, 2.75) is 6.54 Å². The predicted octanol–water partition coefficient (Wildman–Crippen LogP) is 4.41. The molecule has 0 saturated heterocycles. The summed E-state index contributed by atoms with van der Waals surface area (Å²) in [6, 6.07) is 8.83. The molecule has 0 unspecified atom stereocenters. The average molecular weight is 393 g/mol. The largest absolute Gasteiger partial charge is 0.350 e. The van der Waals surface area contributed by atoms with Crippen LogP contribution in [-0.2, 0) is 6.54 Å². The second kappa shape index (κ2) is 8.05. The quantitative estimate of drug-likeness (QED) is 0.631. The van der Waals surface area contributed by atoms with Gasteiger partial charge in [0.25, 0.3) is 5.91 Å². The zero-order valence-corrected chi connectivity index (χ0v) is 14.4. The molecule has 9 heteroatoms. The van der Waals surface area contributed by atoms with Crippen molar-refractivity contribution in [3.05, 3.63) is 82.4 Å². The zero-order chi connectivity index (χ0) is 19.4. The molecule has 0 atom stereocenters. The van der Waals surface area contributed by atoms with Crippen LogP contribution in [-0.4, -0.2) is 15.9 Å². The van der Waals surface area contributed by atoms with E-state index in [1.807, 2.05) is 12.1 Å². The third-order valence-electron chi connectivity index (χ3n) is 3.56.